The van der Waals surface area contributed by atoms with Gasteiger partial charge in [-0.25, -0.2) is 4.99 Å². The van der Waals surface area contributed by atoms with Gasteiger partial charge in [0.1, 0.15) is 6.61 Å². The van der Waals surface area contributed by atoms with Gasteiger partial charge in [0.25, 0.3) is 0 Å². The Bertz CT molecular complexity index is 1080. The smallest absolute Gasteiger partial charge is 0.245 e. The normalized spacial score (nSPS) is 13.3. The third kappa shape index (κ3) is 8.40. The maximum absolute atomic E-state index is 11.1. The minimum atomic E-state index is -0.740. The van der Waals surface area contributed by atoms with Gasteiger partial charge in [0.15, 0.2) is 5.84 Å². The number of aliphatic hydroxyl groups is 2. The molecule has 36 heavy (non-hydrogen) atoms. The van der Waals surface area contributed by atoms with Crippen LogP contribution in [0.3, 0.4) is 0 Å². The summed E-state index contributed by atoms with van der Waals surface area (Å²) in [6.45, 7) is 10.1. The van der Waals surface area contributed by atoms with Crippen LogP contribution in [-0.4, -0.2) is 52.6 Å². The van der Waals surface area contributed by atoms with Crippen molar-refractivity contribution in [3.63, 3.8) is 0 Å². The highest BCUT2D eigenvalue weighted by molar-refractivity contribution is 7.12. The molecule has 2 aromatic rings. The van der Waals surface area contributed by atoms with Crippen molar-refractivity contribution in [2.24, 2.45) is 16.1 Å². The zero-order chi connectivity index (χ0) is 26.7. The average molecular weight is 514 g/mol. The molecule has 1 atom stereocenters. The van der Waals surface area contributed by atoms with Crippen molar-refractivity contribution >= 4 is 35.4 Å². The molecule has 0 spiro atoms. The number of benzene rings is 1. The minimum absolute atomic E-state index is 0.0843. The molecule has 4 N–H and O–H groups in total. The first-order valence-corrected chi connectivity index (χ1v) is 13.3. The fourth-order valence-electron chi connectivity index (χ4n) is 3.94. The molecule has 0 aliphatic carbocycles. The number of carbonyl (C=O) groups excluding carboxylic acids is 1. The molecule has 1 unspecified atom stereocenters. The van der Waals surface area contributed by atoms with Gasteiger partial charge in [0, 0.05) is 23.2 Å². The van der Waals surface area contributed by atoms with Gasteiger partial charge in [-0.2, -0.15) is 0 Å². The average Bonchev–Trinajstić information content (AvgIpc) is 3.21. The Morgan fingerprint density at radius 1 is 1.17 bits per heavy atom. The van der Waals surface area contributed by atoms with E-state index in [1.807, 2.05) is 24.3 Å². The number of aryl methyl sites for hydroxylation is 2. The SMILES string of the molecule is CCc1cc(/C(N=Cc2scc(CC(C)C)c2C)=N\O)cc(CC)c1/C=C\CC(O)CNC(=O)CO. The maximum Gasteiger partial charge on any atom is 0.245 e. The van der Waals surface area contributed by atoms with Crippen LogP contribution in [0.1, 0.15) is 72.4 Å². The third-order valence-corrected chi connectivity index (χ3v) is 7.02. The molecule has 0 saturated heterocycles. The third-order valence-electron chi connectivity index (χ3n) is 5.95. The number of nitrogens with one attached hydrogen (secondary N) is 1. The molecule has 8 heteroatoms. The van der Waals surface area contributed by atoms with Crippen LogP contribution in [0.4, 0.5) is 0 Å². The van der Waals surface area contributed by atoms with E-state index in [0.29, 0.717) is 12.3 Å². The highest BCUT2D eigenvalue weighted by Gasteiger charge is 2.13. The summed E-state index contributed by atoms with van der Waals surface area (Å²) < 4.78 is 0. The number of hydrogen-bond donors (Lipinski definition) is 4. The van der Waals surface area contributed by atoms with Crippen LogP contribution in [0.2, 0.25) is 0 Å². The number of hydrogen-bond acceptors (Lipinski definition) is 6. The zero-order valence-electron chi connectivity index (χ0n) is 21.9. The van der Waals surface area contributed by atoms with Gasteiger partial charge >= 0.3 is 0 Å². The molecule has 0 aliphatic rings. The van der Waals surface area contributed by atoms with Gasteiger partial charge in [-0.3, -0.25) is 4.79 Å². The molecule has 0 radical (unpaired) electrons. The Kier molecular flexibility index (Phi) is 12.0. The molecule has 2 rings (SSSR count). The second-order valence-electron chi connectivity index (χ2n) is 9.20. The van der Waals surface area contributed by atoms with Crippen molar-refractivity contribution in [3.8, 4) is 0 Å². The molecule has 0 saturated carbocycles. The van der Waals surface area contributed by atoms with E-state index in [1.54, 1.807) is 17.6 Å². The molecule has 1 aromatic heterocycles. The highest BCUT2D eigenvalue weighted by Crippen LogP contribution is 2.25. The molecular formula is C28H39N3O4S. The van der Waals surface area contributed by atoms with Crippen molar-refractivity contribution in [2.75, 3.05) is 13.2 Å². The Labute approximate surface area is 218 Å². The summed E-state index contributed by atoms with van der Waals surface area (Å²) in [7, 11) is 0. The molecular weight excluding hydrogens is 474 g/mol. The van der Waals surface area contributed by atoms with Gasteiger partial charge in [0.05, 0.1) is 6.10 Å². The second kappa shape index (κ2) is 14.7. The Morgan fingerprint density at radius 3 is 2.39 bits per heavy atom. The van der Waals surface area contributed by atoms with Crippen molar-refractivity contribution in [3.05, 3.63) is 61.8 Å². The Hall–Kier alpha value is -2.81. The van der Waals surface area contributed by atoms with Crippen molar-refractivity contribution < 1.29 is 20.2 Å². The van der Waals surface area contributed by atoms with Crippen molar-refractivity contribution in [2.45, 2.75) is 66.4 Å². The number of nitrogens with zero attached hydrogens (tertiary/aromatic N) is 2. The summed E-state index contributed by atoms with van der Waals surface area (Å²) in [5.74, 6) is 0.341. The van der Waals surface area contributed by atoms with Crippen LogP contribution in [-0.2, 0) is 24.1 Å². The molecule has 196 valence electrons. The number of amides is 1. The standard InChI is InChI=1S/C28H39N3O4S/c1-6-20-12-22(28(31-35)30-15-26-19(5)23(17-36-26)11-18(3)4)13-21(7-2)25(20)10-8-9-24(33)14-29-27(34)16-32/h8,10,12-13,15,17-18,24,32-33,35H,6-7,9,11,14,16H2,1-5H3,(H,29,34)/b10-8-,30-15?,31-28+. The van der Waals surface area contributed by atoms with Crippen molar-refractivity contribution in [1.29, 1.82) is 0 Å². The molecule has 1 amide bonds. The predicted octanol–water partition coefficient (Wildman–Crippen LogP) is 4.51. The van der Waals surface area contributed by atoms with E-state index in [9.17, 15) is 15.1 Å². The summed E-state index contributed by atoms with van der Waals surface area (Å²) in [6, 6.07) is 3.99. The number of rotatable bonds is 12. The summed E-state index contributed by atoms with van der Waals surface area (Å²) in [6.07, 6.45) is 7.86. The topological polar surface area (TPSA) is 115 Å². The van der Waals surface area contributed by atoms with Gasteiger partial charge in [0.2, 0.25) is 5.91 Å². The number of thiophene rings is 1. The van der Waals surface area contributed by atoms with E-state index in [0.717, 1.165) is 46.4 Å². The van der Waals surface area contributed by atoms with Gasteiger partial charge in [-0.15, -0.1) is 11.3 Å². The fourth-order valence-corrected chi connectivity index (χ4v) is 4.90. The lowest BCUT2D eigenvalue weighted by Gasteiger charge is -2.13. The maximum atomic E-state index is 11.1. The first kappa shape index (κ1) is 29.4. The number of aliphatic hydroxyl groups excluding tert-OH is 2. The van der Waals surface area contributed by atoms with Crippen LogP contribution < -0.4 is 5.32 Å². The molecule has 0 fully saturated rings. The van der Waals surface area contributed by atoms with Crippen LogP contribution >= 0.6 is 11.3 Å². The zero-order valence-corrected chi connectivity index (χ0v) is 22.7. The first-order chi connectivity index (χ1) is 17.2. The van der Waals surface area contributed by atoms with Gasteiger partial charge in [-0.1, -0.05) is 45.0 Å². The van der Waals surface area contributed by atoms with Gasteiger partial charge < -0.3 is 20.7 Å². The van der Waals surface area contributed by atoms with Crippen molar-refractivity contribution in [1.82, 2.24) is 5.32 Å². The van der Waals surface area contributed by atoms with E-state index in [4.69, 9.17) is 5.11 Å². The molecule has 7 nitrogen and oxygen atoms in total. The summed E-state index contributed by atoms with van der Waals surface area (Å²) in [4.78, 5) is 16.7. The molecule has 1 aromatic carbocycles. The van der Waals surface area contributed by atoms with E-state index in [1.165, 1.54) is 11.1 Å². The van der Waals surface area contributed by atoms with Gasteiger partial charge in [-0.05, 0) is 83.9 Å². The first-order valence-electron chi connectivity index (χ1n) is 12.4. The number of oxime groups is 1. The number of carbonyl (C=O) groups is 1. The largest absolute Gasteiger partial charge is 0.409 e. The summed E-state index contributed by atoms with van der Waals surface area (Å²) >= 11 is 1.65. The summed E-state index contributed by atoms with van der Waals surface area (Å²) in [5, 5.41) is 36.7. The Morgan fingerprint density at radius 2 is 1.83 bits per heavy atom. The van der Waals surface area contributed by atoms with E-state index in [-0.39, 0.29) is 12.4 Å². The van der Waals surface area contributed by atoms with Crippen LogP contribution in [0.15, 0.2) is 33.7 Å². The lowest BCUT2D eigenvalue weighted by molar-refractivity contribution is -0.124. The quantitative estimate of drug-likeness (QED) is 0.145. The van der Waals surface area contributed by atoms with E-state index in [2.05, 4.69) is 55.5 Å². The van der Waals surface area contributed by atoms with Crippen LogP contribution in [0, 0.1) is 12.8 Å². The second-order valence-corrected chi connectivity index (χ2v) is 10.1. The lowest BCUT2D eigenvalue weighted by Crippen LogP contribution is -2.33. The minimum Gasteiger partial charge on any atom is -0.409 e. The van der Waals surface area contributed by atoms with E-state index >= 15 is 0 Å². The highest BCUT2D eigenvalue weighted by atomic mass is 32.1. The fraction of sp³-hybridized carbons (Fsp3) is 0.464. The van der Waals surface area contributed by atoms with Crippen LogP contribution in [0.25, 0.3) is 6.08 Å². The van der Waals surface area contributed by atoms with Crippen LogP contribution in [0.5, 0.6) is 0 Å². The molecule has 0 bridgehead atoms. The monoisotopic (exact) mass is 513 g/mol. The Balaban J connectivity index is 2.24. The van der Waals surface area contributed by atoms with E-state index < -0.39 is 18.6 Å². The summed E-state index contributed by atoms with van der Waals surface area (Å²) in [5.41, 5.74) is 6.56. The number of amidine groups is 1. The lowest BCUT2D eigenvalue weighted by atomic mass is 9.93. The molecule has 1 heterocycles. The number of aliphatic imine (C=N–C) groups is 1. The predicted molar refractivity (Wildman–Crippen MR) is 148 cm³/mol. The molecule has 0 aliphatic heterocycles.